The summed E-state index contributed by atoms with van der Waals surface area (Å²) in [6, 6.07) is 0. The molecule has 0 rings (SSSR count). The van der Waals surface area contributed by atoms with Crippen molar-refractivity contribution in [3.05, 3.63) is 11.0 Å². The van der Waals surface area contributed by atoms with Gasteiger partial charge in [0.15, 0.2) is 0 Å². The third kappa shape index (κ3) is 4.65. The smallest absolute Gasteiger partial charge is 0.266 e. The second-order valence-corrected chi connectivity index (χ2v) is 6.56. The maximum absolute atomic E-state index is 11.1. The molecule has 14 heavy (non-hydrogen) atoms. The molecule has 0 aliphatic carbocycles. The Balaban J connectivity index is 5.13. The van der Waals surface area contributed by atoms with Crippen LogP contribution in [0, 0.1) is 5.41 Å². The van der Waals surface area contributed by atoms with E-state index in [9.17, 15) is 8.42 Å². The van der Waals surface area contributed by atoms with Crippen molar-refractivity contribution in [3.63, 3.8) is 0 Å². The molecule has 0 saturated carbocycles. The van der Waals surface area contributed by atoms with Gasteiger partial charge in [0.05, 0.1) is 7.11 Å². The lowest BCUT2D eigenvalue weighted by atomic mass is 9.78. The van der Waals surface area contributed by atoms with Crippen LogP contribution in [0.3, 0.4) is 0 Å². The molecule has 0 aliphatic rings. The van der Waals surface area contributed by atoms with Gasteiger partial charge >= 0.3 is 0 Å². The summed E-state index contributed by atoms with van der Waals surface area (Å²) >= 11 is 2.06. The lowest BCUT2D eigenvalue weighted by Crippen LogP contribution is -2.13. The lowest BCUT2D eigenvalue weighted by molar-refractivity contribution is 0.401. The number of ether oxygens (including phenoxy) is 1. The molecule has 4 nitrogen and oxygen atoms in total. The summed E-state index contributed by atoms with van der Waals surface area (Å²) in [6.07, 6.45) is 1.41. The summed E-state index contributed by atoms with van der Waals surface area (Å²) in [4.78, 5) is -0.275. The Hall–Kier alpha value is 0.245. The normalized spacial score (nSPS) is 14.7. The molecule has 0 saturated heterocycles. The highest BCUT2D eigenvalue weighted by atomic mass is 127. The van der Waals surface area contributed by atoms with E-state index in [1.54, 1.807) is 0 Å². The van der Waals surface area contributed by atoms with Crippen molar-refractivity contribution in [2.45, 2.75) is 10.6 Å². The highest BCUT2D eigenvalue weighted by Crippen LogP contribution is 2.16. The van der Waals surface area contributed by atoms with E-state index >= 15 is 0 Å². The number of nitrogens with one attached hydrogen (secondary N) is 1. The van der Waals surface area contributed by atoms with Crippen LogP contribution in [-0.2, 0) is 13.8 Å². The highest BCUT2D eigenvalue weighted by molar-refractivity contribution is 14.1. The fraction of sp³-hybridized carbons (Fsp3) is 0.500. The molecule has 0 aromatic rings. The Morgan fingerprint density at radius 2 is 2.21 bits per heavy atom. The fourth-order valence-electron chi connectivity index (χ4n) is 0.650. The average molecular weight is 349 g/mol. The standard InChI is InChI=1S/C6H10BClINO3S/c1-7-5(9)3-4(6(10)13-2)14(8,11)12/h3,5,7,10H,1-2H3/b4-3+,10-6?. The van der Waals surface area contributed by atoms with Gasteiger partial charge in [0.25, 0.3) is 9.05 Å². The molecule has 0 aromatic heterocycles. The first-order valence-electron chi connectivity index (χ1n) is 3.76. The minimum atomic E-state index is -3.90. The first-order valence-corrected chi connectivity index (χ1v) is 7.31. The van der Waals surface area contributed by atoms with E-state index in [1.165, 1.54) is 13.2 Å². The van der Waals surface area contributed by atoms with Crippen LogP contribution in [0.15, 0.2) is 11.0 Å². The molecular formula is C6H10BClINO3S. The maximum atomic E-state index is 11.1. The Morgan fingerprint density at radius 3 is 2.50 bits per heavy atom. The van der Waals surface area contributed by atoms with Crippen molar-refractivity contribution in [2.24, 2.45) is 0 Å². The Bertz CT molecular complexity index is 343. The van der Waals surface area contributed by atoms with Gasteiger partial charge in [-0.15, -0.1) is 0 Å². The molecular weight excluding hydrogens is 339 g/mol. The van der Waals surface area contributed by atoms with Gasteiger partial charge in [-0.2, -0.15) is 0 Å². The van der Waals surface area contributed by atoms with Gasteiger partial charge in [0, 0.05) is 14.5 Å². The van der Waals surface area contributed by atoms with E-state index in [0.717, 1.165) is 7.28 Å². The number of alkyl halides is 1. The molecule has 0 bridgehead atoms. The number of halogens is 2. The predicted octanol–water partition coefficient (Wildman–Crippen LogP) is 1.31. The number of allylic oxidation sites excluding steroid dienone is 1. The van der Waals surface area contributed by atoms with E-state index in [2.05, 4.69) is 27.3 Å². The highest BCUT2D eigenvalue weighted by Gasteiger charge is 2.21. The van der Waals surface area contributed by atoms with E-state index in [1.807, 2.05) is 6.82 Å². The first-order chi connectivity index (χ1) is 6.32. The zero-order chi connectivity index (χ0) is 11.4. The number of rotatable bonds is 4. The summed E-state index contributed by atoms with van der Waals surface area (Å²) in [5.74, 6) is -0.435. The third-order valence-electron chi connectivity index (χ3n) is 1.41. The monoisotopic (exact) mass is 349 g/mol. The SMILES string of the molecule is CBC(I)/C=C(\C(=N)OC)S(=O)(=O)Cl. The van der Waals surface area contributed by atoms with Gasteiger partial charge in [-0.1, -0.05) is 35.5 Å². The van der Waals surface area contributed by atoms with Gasteiger partial charge in [-0.25, -0.2) is 8.42 Å². The van der Waals surface area contributed by atoms with Gasteiger partial charge in [-0.3, -0.25) is 5.41 Å². The predicted molar refractivity (Wildman–Crippen MR) is 68.4 cm³/mol. The summed E-state index contributed by atoms with van der Waals surface area (Å²) in [7, 11) is 3.24. The van der Waals surface area contributed by atoms with E-state index in [0.29, 0.717) is 0 Å². The lowest BCUT2D eigenvalue weighted by Gasteiger charge is -2.06. The third-order valence-corrected chi connectivity index (χ3v) is 4.00. The van der Waals surface area contributed by atoms with Gasteiger partial charge < -0.3 is 4.74 Å². The zero-order valence-corrected chi connectivity index (χ0v) is 11.5. The van der Waals surface area contributed by atoms with Crippen molar-refractivity contribution in [1.82, 2.24) is 0 Å². The van der Waals surface area contributed by atoms with Crippen LogP contribution in [-0.4, -0.2) is 32.5 Å². The average Bonchev–Trinajstić information content (AvgIpc) is 2.10. The number of hydrogen-bond acceptors (Lipinski definition) is 4. The van der Waals surface area contributed by atoms with E-state index in [4.69, 9.17) is 16.1 Å². The zero-order valence-electron chi connectivity index (χ0n) is 7.75. The molecule has 0 spiro atoms. The molecule has 0 amide bonds. The van der Waals surface area contributed by atoms with Gasteiger partial charge in [0.2, 0.25) is 5.90 Å². The minimum Gasteiger partial charge on any atom is -0.480 e. The number of hydrogen-bond donors (Lipinski definition) is 1. The molecule has 0 fully saturated rings. The van der Waals surface area contributed by atoms with Gasteiger partial charge in [-0.05, 0) is 0 Å². The second kappa shape index (κ2) is 5.97. The molecule has 1 unspecified atom stereocenters. The Kier molecular flexibility index (Phi) is 6.07. The van der Waals surface area contributed by atoms with Crippen LogP contribution < -0.4 is 0 Å². The van der Waals surface area contributed by atoms with Crippen molar-refractivity contribution < 1.29 is 13.2 Å². The van der Waals surface area contributed by atoms with Crippen LogP contribution in [0.25, 0.3) is 0 Å². The topological polar surface area (TPSA) is 67.2 Å². The summed E-state index contributed by atoms with van der Waals surface area (Å²) < 4.78 is 26.7. The maximum Gasteiger partial charge on any atom is 0.266 e. The quantitative estimate of drug-likeness (QED) is 0.208. The molecule has 0 aromatic carbocycles. The largest absolute Gasteiger partial charge is 0.480 e. The molecule has 0 aliphatic heterocycles. The van der Waals surface area contributed by atoms with Gasteiger partial charge in [0.1, 0.15) is 12.2 Å². The Labute approximate surface area is 102 Å². The molecule has 8 heteroatoms. The summed E-state index contributed by atoms with van der Waals surface area (Å²) in [5, 5.41) is 7.26. The molecule has 80 valence electrons. The minimum absolute atomic E-state index is 0.00613. The summed E-state index contributed by atoms with van der Waals surface area (Å²) in [6.45, 7) is 1.91. The molecule has 1 atom stereocenters. The molecule has 0 radical (unpaired) electrons. The molecule has 0 heterocycles. The second-order valence-electron chi connectivity index (χ2n) is 2.43. The van der Waals surface area contributed by atoms with Crippen molar-refractivity contribution in [3.8, 4) is 0 Å². The van der Waals surface area contributed by atoms with E-state index < -0.39 is 14.9 Å². The fourth-order valence-corrected chi connectivity index (χ4v) is 2.25. The van der Waals surface area contributed by atoms with Crippen LogP contribution in [0.2, 0.25) is 6.82 Å². The number of methoxy groups -OCH3 is 1. The molecule has 1 N–H and O–H groups in total. The van der Waals surface area contributed by atoms with Crippen LogP contribution in [0.5, 0.6) is 0 Å². The van der Waals surface area contributed by atoms with Crippen LogP contribution in [0.4, 0.5) is 0 Å². The van der Waals surface area contributed by atoms with Crippen molar-refractivity contribution in [1.29, 1.82) is 5.41 Å². The van der Waals surface area contributed by atoms with Crippen LogP contribution >= 0.6 is 33.3 Å². The Morgan fingerprint density at radius 1 is 1.71 bits per heavy atom. The van der Waals surface area contributed by atoms with Crippen LogP contribution in [0.1, 0.15) is 0 Å². The van der Waals surface area contributed by atoms with Crippen molar-refractivity contribution in [2.75, 3.05) is 7.11 Å². The van der Waals surface area contributed by atoms with E-state index in [-0.39, 0.29) is 8.73 Å². The first kappa shape index (κ1) is 14.2. The van der Waals surface area contributed by atoms with Crippen molar-refractivity contribution >= 4 is 55.5 Å². The summed E-state index contributed by atoms with van der Waals surface area (Å²) in [5.41, 5.74) is 0.